The number of hydrogen-bond acceptors (Lipinski definition) is 5. The number of aliphatic carboxylic acids is 1. The Morgan fingerprint density at radius 3 is 2.56 bits per heavy atom. The van der Waals surface area contributed by atoms with Crippen LogP contribution in [0.3, 0.4) is 0 Å². The van der Waals surface area contributed by atoms with Gasteiger partial charge >= 0.3 is 5.97 Å². The summed E-state index contributed by atoms with van der Waals surface area (Å²) in [7, 11) is -2.87. The van der Waals surface area contributed by atoms with Gasteiger partial charge in [-0.25, -0.2) is 8.42 Å². The average Bonchev–Trinajstić information content (AvgIpc) is 2.22. The molecule has 0 amide bonds. The summed E-state index contributed by atoms with van der Waals surface area (Å²) in [6.07, 6.45) is 1.03. The summed E-state index contributed by atoms with van der Waals surface area (Å²) >= 11 is 1.54. The summed E-state index contributed by atoms with van der Waals surface area (Å²) in [5, 5.41) is 8.51. The van der Waals surface area contributed by atoms with Gasteiger partial charge in [-0.1, -0.05) is 6.92 Å². The van der Waals surface area contributed by atoms with Crippen LogP contribution in [0.5, 0.6) is 0 Å². The van der Waals surface area contributed by atoms with Crippen molar-refractivity contribution in [2.45, 2.75) is 25.8 Å². The molecule has 1 atom stereocenters. The van der Waals surface area contributed by atoms with Gasteiger partial charge in [0, 0.05) is 5.75 Å². The predicted octanol–water partition coefficient (Wildman–Crippen LogP) is 0.346. The van der Waals surface area contributed by atoms with Gasteiger partial charge in [0.05, 0.1) is 5.75 Å². The van der Waals surface area contributed by atoms with Gasteiger partial charge in [0.2, 0.25) is 0 Å². The van der Waals surface area contributed by atoms with Crippen molar-refractivity contribution >= 4 is 27.6 Å². The van der Waals surface area contributed by atoms with E-state index in [9.17, 15) is 13.2 Å². The van der Waals surface area contributed by atoms with Crippen LogP contribution in [0.25, 0.3) is 0 Å². The van der Waals surface area contributed by atoms with Crippen molar-refractivity contribution in [3.63, 3.8) is 0 Å². The number of rotatable bonds is 9. The number of carboxylic acid groups (broad SMARTS) is 1. The number of thioether (sulfide) groups is 1. The Morgan fingerprint density at radius 2 is 2.06 bits per heavy atom. The third kappa shape index (κ3) is 7.95. The molecule has 0 radical (unpaired) electrons. The SMILES string of the molecule is CCS(=O)(=O)CCCSCCC(N)C(=O)O. The van der Waals surface area contributed by atoms with Crippen LogP contribution in [0.4, 0.5) is 0 Å². The second-order valence-electron chi connectivity index (χ2n) is 3.44. The van der Waals surface area contributed by atoms with Crippen molar-refractivity contribution in [3.8, 4) is 0 Å². The van der Waals surface area contributed by atoms with Gasteiger partial charge in [-0.05, 0) is 24.3 Å². The van der Waals surface area contributed by atoms with Gasteiger partial charge in [0.1, 0.15) is 15.9 Å². The number of hydrogen-bond donors (Lipinski definition) is 2. The van der Waals surface area contributed by atoms with Crippen molar-refractivity contribution in [3.05, 3.63) is 0 Å². The predicted molar refractivity (Wildman–Crippen MR) is 66.5 cm³/mol. The molecule has 0 spiro atoms. The summed E-state index contributed by atoms with van der Waals surface area (Å²) in [5.74, 6) is 0.781. The topological polar surface area (TPSA) is 97.5 Å². The highest BCUT2D eigenvalue weighted by Crippen LogP contribution is 2.07. The van der Waals surface area contributed by atoms with E-state index in [4.69, 9.17) is 10.8 Å². The Morgan fingerprint density at radius 1 is 1.44 bits per heavy atom. The summed E-state index contributed by atoms with van der Waals surface area (Å²) in [6, 6.07) is -0.813. The molecule has 0 aromatic rings. The van der Waals surface area contributed by atoms with E-state index in [1.807, 2.05) is 0 Å². The maximum atomic E-state index is 11.1. The molecule has 0 fully saturated rings. The molecule has 0 aromatic heterocycles. The molecule has 0 heterocycles. The zero-order valence-electron chi connectivity index (χ0n) is 9.39. The van der Waals surface area contributed by atoms with Gasteiger partial charge in [-0.3, -0.25) is 4.79 Å². The molecular formula is C9H19NO4S2. The second kappa shape index (κ2) is 7.92. The van der Waals surface area contributed by atoms with Crippen LogP contribution in [0.2, 0.25) is 0 Å². The first-order valence-electron chi connectivity index (χ1n) is 5.15. The average molecular weight is 269 g/mol. The fourth-order valence-electron chi connectivity index (χ4n) is 0.961. The Labute approximate surface area is 101 Å². The molecule has 16 heavy (non-hydrogen) atoms. The lowest BCUT2D eigenvalue weighted by molar-refractivity contribution is -0.138. The Balaban J connectivity index is 3.45. The number of nitrogens with two attached hydrogens (primary N) is 1. The Hall–Kier alpha value is -0.270. The van der Waals surface area contributed by atoms with Crippen LogP contribution < -0.4 is 5.73 Å². The summed E-state index contributed by atoms with van der Waals surface area (Å²) in [5.41, 5.74) is 5.31. The third-order valence-electron chi connectivity index (χ3n) is 2.07. The van der Waals surface area contributed by atoms with E-state index in [0.29, 0.717) is 18.6 Å². The van der Waals surface area contributed by atoms with E-state index >= 15 is 0 Å². The highest BCUT2D eigenvalue weighted by atomic mass is 32.2. The van der Waals surface area contributed by atoms with Crippen molar-refractivity contribution in [1.29, 1.82) is 0 Å². The summed E-state index contributed by atoms with van der Waals surface area (Å²) < 4.78 is 22.2. The monoisotopic (exact) mass is 269 g/mol. The van der Waals surface area contributed by atoms with Crippen LogP contribution in [0.1, 0.15) is 19.8 Å². The van der Waals surface area contributed by atoms with Crippen LogP contribution in [-0.2, 0) is 14.6 Å². The van der Waals surface area contributed by atoms with Gasteiger partial charge < -0.3 is 10.8 Å². The molecular weight excluding hydrogens is 250 g/mol. The quantitative estimate of drug-likeness (QED) is 0.586. The van der Waals surface area contributed by atoms with Crippen LogP contribution in [-0.4, -0.2) is 48.5 Å². The first kappa shape index (κ1) is 15.7. The molecule has 0 saturated carbocycles. The molecule has 0 aliphatic rings. The fourth-order valence-corrected chi connectivity index (χ4v) is 2.99. The van der Waals surface area contributed by atoms with Gasteiger partial charge in [0.15, 0.2) is 0 Å². The standard InChI is InChI=1S/C9H19NO4S2/c1-2-16(13,14)7-3-5-15-6-4-8(10)9(11)12/h8H,2-7,10H2,1H3,(H,11,12). The minimum absolute atomic E-state index is 0.182. The van der Waals surface area contributed by atoms with Crippen molar-refractivity contribution < 1.29 is 18.3 Å². The van der Waals surface area contributed by atoms with Crippen molar-refractivity contribution in [2.75, 3.05) is 23.0 Å². The summed E-state index contributed by atoms with van der Waals surface area (Å²) in [6.45, 7) is 1.63. The molecule has 7 heteroatoms. The first-order chi connectivity index (χ1) is 7.39. The van der Waals surface area contributed by atoms with E-state index in [1.165, 1.54) is 0 Å². The molecule has 0 saturated heterocycles. The number of carbonyl (C=O) groups is 1. The van der Waals surface area contributed by atoms with Crippen molar-refractivity contribution in [2.24, 2.45) is 5.73 Å². The van der Waals surface area contributed by atoms with Gasteiger partial charge in [-0.15, -0.1) is 0 Å². The van der Waals surface area contributed by atoms with E-state index in [-0.39, 0.29) is 11.5 Å². The van der Waals surface area contributed by atoms with Crippen LogP contribution in [0, 0.1) is 0 Å². The zero-order chi connectivity index (χ0) is 12.6. The molecule has 0 aliphatic heterocycles. The number of sulfone groups is 1. The second-order valence-corrected chi connectivity index (χ2v) is 7.13. The zero-order valence-corrected chi connectivity index (χ0v) is 11.0. The lowest BCUT2D eigenvalue weighted by Crippen LogP contribution is -2.30. The lowest BCUT2D eigenvalue weighted by Gasteiger charge is -2.05. The van der Waals surface area contributed by atoms with Crippen LogP contribution in [0.15, 0.2) is 0 Å². The minimum Gasteiger partial charge on any atom is -0.480 e. The first-order valence-corrected chi connectivity index (χ1v) is 8.13. The van der Waals surface area contributed by atoms with E-state index in [1.54, 1.807) is 18.7 Å². The largest absolute Gasteiger partial charge is 0.480 e. The molecule has 96 valence electrons. The highest BCUT2D eigenvalue weighted by molar-refractivity contribution is 7.99. The highest BCUT2D eigenvalue weighted by Gasteiger charge is 2.10. The minimum atomic E-state index is -2.87. The lowest BCUT2D eigenvalue weighted by atomic mass is 10.2. The van der Waals surface area contributed by atoms with Crippen molar-refractivity contribution in [1.82, 2.24) is 0 Å². The van der Waals surface area contributed by atoms with E-state index in [2.05, 4.69) is 0 Å². The Kier molecular flexibility index (Phi) is 7.78. The maximum absolute atomic E-state index is 11.1. The molecule has 0 rings (SSSR count). The van der Waals surface area contributed by atoms with E-state index in [0.717, 1.165) is 5.75 Å². The normalized spacial score (nSPS) is 13.6. The van der Waals surface area contributed by atoms with Gasteiger partial charge in [0.25, 0.3) is 0 Å². The third-order valence-corrected chi connectivity index (χ3v) is 4.97. The number of carboxylic acids is 1. The molecule has 3 N–H and O–H groups in total. The Bertz CT molecular complexity index is 303. The molecule has 0 aromatic carbocycles. The molecule has 0 bridgehead atoms. The van der Waals surface area contributed by atoms with Crippen LogP contribution >= 0.6 is 11.8 Å². The fraction of sp³-hybridized carbons (Fsp3) is 0.889. The van der Waals surface area contributed by atoms with E-state index < -0.39 is 21.8 Å². The molecule has 5 nitrogen and oxygen atoms in total. The summed E-state index contributed by atoms with van der Waals surface area (Å²) in [4.78, 5) is 10.4. The molecule has 1 unspecified atom stereocenters. The van der Waals surface area contributed by atoms with Gasteiger partial charge in [-0.2, -0.15) is 11.8 Å². The molecule has 0 aliphatic carbocycles. The smallest absolute Gasteiger partial charge is 0.320 e. The maximum Gasteiger partial charge on any atom is 0.320 e.